The van der Waals surface area contributed by atoms with Crippen LogP contribution in [-0.2, 0) is 4.79 Å². The van der Waals surface area contributed by atoms with Crippen molar-refractivity contribution in [3.63, 3.8) is 0 Å². The van der Waals surface area contributed by atoms with Crippen LogP contribution in [0.25, 0.3) is 38.5 Å². The lowest BCUT2D eigenvalue weighted by Gasteiger charge is -2.13. The lowest BCUT2D eigenvalue weighted by atomic mass is 9.93. The number of carbonyl (C=O) groups is 2. The standard InChI is InChI=1S/C33H32N2O6/c1-6-15-34-33(37)32(36)31-28(20-10-8-7-9-11-20)29(22-12-13-24(38-2)25(18-22)39-3)30-23-19-27(41-5)26(40-4)17-21(23)14-16-35(30)31/h7-14,16-19H,6,15H2,1-5H3,(H,34,37). The number of pyridine rings is 1. The summed E-state index contributed by atoms with van der Waals surface area (Å²) < 4.78 is 24.2. The van der Waals surface area contributed by atoms with E-state index in [-0.39, 0.29) is 5.69 Å². The molecule has 1 amide bonds. The number of ether oxygens (including phenoxy) is 4. The zero-order chi connectivity index (χ0) is 29.1. The summed E-state index contributed by atoms with van der Waals surface area (Å²) in [4.78, 5) is 27.1. The second-order valence-electron chi connectivity index (χ2n) is 9.45. The molecule has 8 heteroatoms. The van der Waals surface area contributed by atoms with Gasteiger partial charge in [0.15, 0.2) is 23.0 Å². The first-order valence-corrected chi connectivity index (χ1v) is 13.3. The molecule has 0 spiro atoms. The molecule has 0 unspecified atom stereocenters. The van der Waals surface area contributed by atoms with Crippen molar-refractivity contribution in [2.24, 2.45) is 0 Å². The Bertz CT molecular complexity index is 1760. The summed E-state index contributed by atoms with van der Waals surface area (Å²) in [5, 5.41) is 4.45. The van der Waals surface area contributed by atoms with Crippen molar-refractivity contribution in [1.29, 1.82) is 0 Å². The summed E-state index contributed by atoms with van der Waals surface area (Å²) >= 11 is 0. The Hall–Kier alpha value is -4.98. The van der Waals surface area contributed by atoms with Gasteiger partial charge in [-0.2, -0.15) is 0 Å². The number of ketones is 1. The molecule has 0 radical (unpaired) electrons. The number of amides is 1. The molecular weight excluding hydrogens is 520 g/mol. The maximum atomic E-state index is 14.0. The third-order valence-electron chi connectivity index (χ3n) is 7.11. The topological polar surface area (TPSA) is 87.5 Å². The maximum Gasteiger partial charge on any atom is 0.294 e. The number of nitrogens with one attached hydrogen (secondary N) is 1. The molecule has 2 heterocycles. The van der Waals surface area contributed by atoms with Crippen molar-refractivity contribution >= 4 is 28.0 Å². The van der Waals surface area contributed by atoms with E-state index < -0.39 is 11.7 Å². The molecule has 5 rings (SSSR count). The van der Waals surface area contributed by atoms with Crippen molar-refractivity contribution in [1.82, 2.24) is 9.72 Å². The fourth-order valence-corrected chi connectivity index (χ4v) is 5.20. The Kier molecular flexibility index (Phi) is 7.83. The van der Waals surface area contributed by atoms with E-state index in [1.807, 2.05) is 79.9 Å². The molecule has 0 bridgehead atoms. The Morgan fingerprint density at radius 1 is 0.732 bits per heavy atom. The van der Waals surface area contributed by atoms with Gasteiger partial charge in [0.2, 0.25) is 0 Å². The molecule has 210 valence electrons. The summed E-state index contributed by atoms with van der Waals surface area (Å²) in [5.41, 5.74) is 3.98. The predicted octanol–water partition coefficient (Wildman–Crippen LogP) is 6.17. The van der Waals surface area contributed by atoms with Gasteiger partial charge < -0.3 is 28.7 Å². The van der Waals surface area contributed by atoms with Crippen molar-refractivity contribution in [2.75, 3.05) is 35.0 Å². The van der Waals surface area contributed by atoms with Crippen LogP contribution in [0.2, 0.25) is 0 Å². The third-order valence-corrected chi connectivity index (χ3v) is 7.11. The molecule has 5 aromatic rings. The van der Waals surface area contributed by atoms with E-state index in [0.717, 1.165) is 33.0 Å². The van der Waals surface area contributed by atoms with Crippen LogP contribution in [0.3, 0.4) is 0 Å². The molecule has 1 N–H and O–H groups in total. The first kappa shape index (κ1) is 27.6. The van der Waals surface area contributed by atoms with Gasteiger partial charge >= 0.3 is 0 Å². The van der Waals surface area contributed by atoms with Crippen LogP contribution in [0.5, 0.6) is 23.0 Å². The molecule has 41 heavy (non-hydrogen) atoms. The Labute approximate surface area is 238 Å². The molecule has 0 aliphatic rings. The largest absolute Gasteiger partial charge is 0.493 e. The van der Waals surface area contributed by atoms with Gasteiger partial charge in [0.25, 0.3) is 11.7 Å². The quantitative estimate of drug-likeness (QED) is 0.165. The molecule has 0 fully saturated rings. The van der Waals surface area contributed by atoms with Gasteiger partial charge in [0.05, 0.1) is 34.0 Å². The number of Topliss-reactive ketones (excluding diaryl/α,β-unsaturated/α-hetero) is 1. The van der Waals surface area contributed by atoms with Crippen LogP contribution >= 0.6 is 0 Å². The fourth-order valence-electron chi connectivity index (χ4n) is 5.20. The number of aromatic nitrogens is 1. The minimum Gasteiger partial charge on any atom is -0.493 e. The Balaban J connectivity index is 1.98. The highest BCUT2D eigenvalue weighted by Crippen LogP contribution is 2.46. The van der Waals surface area contributed by atoms with E-state index >= 15 is 0 Å². The lowest BCUT2D eigenvalue weighted by Crippen LogP contribution is -2.32. The smallest absolute Gasteiger partial charge is 0.294 e. The van der Waals surface area contributed by atoms with Crippen molar-refractivity contribution in [3.05, 3.63) is 78.6 Å². The molecule has 2 aromatic heterocycles. The first-order valence-electron chi connectivity index (χ1n) is 13.3. The number of benzene rings is 3. The van der Waals surface area contributed by atoms with Gasteiger partial charge in [-0.05, 0) is 53.3 Å². The number of methoxy groups -OCH3 is 4. The third kappa shape index (κ3) is 4.82. The zero-order valence-corrected chi connectivity index (χ0v) is 23.7. The predicted molar refractivity (Wildman–Crippen MR) is 160 cm³/mol. The van der Waals surface area contributed by atoms with E-state index in [1.54, 1.807) is 32.8 Å². The van der Waals surface area contributed by atoms with Gasteiger partial charge in [-0.1, -0.05) is 43.3 Å². The second kappa shape index (κ2) is 11.6. The average molecular weight is 553 g/mol. The van der Waals surface area contributed by atoms with E-state index in [4.69, 9.17) is 18.9 Å². The molecule has 8 nitrogen and oxygen atoms in total. The maximum absolute atomic E-state index is 14.0. The summed E-state index contributed by atoms with van der Waals surface area (Å²) in [7, 11) is 6.34. The van der Waals surface area contributed by atoms with Crippen molar-refractivity contribution in [2.45, 2.75) is 13.3 Å². The normalized spacial score (nSPS) is 11.0. The fraction of sp³-hybridized carbons (Fsp3) is 0.212. The highest BCUT2D eigenvalue weighted by molar-refractivity contribution is 6.44. The zero-order valence-electron chi connectivity index (χ0n) is 23.7. The van der Waals surface area contributed by atoms with Gasteiger partial charge in [-0.15, -0.1) is 0 Å². The summed E-state index contributed by atoms with van der Waals surface area (Å²) in [6, 6.07) is 20.9. The van der Waals surface area contributed by atoms with Crippen LogP contribution in [0, 0.1) is 0 Å². The molecule has 0 atom stereocenters. The van der Waals surface area contributed by atoms with Gasteiger partial charge in [0, 0.05) is 29.3 Å². The van der Waals surface area contributed by atoms with Gasteiger partial charge in [-0.25, -0.2) is 0 Å². The van der Waals surface area contributed by atoms with Crippen LogP contribution in [-0.4, -0.2) is 51.1 Å². The number of hydrogen-bond acceptors (Lipinski definition) is 6. The van der Waals surface area contributed by atoms with Gasteiger partial charge in [-0.3, -0.25) is 9.59 Å². The van der Waals surface area contributed by atoms with Crippen LogP contribution in [0.4, 0.5) is 0 Å². The van der Waals surface area contributed by atoms with Crippen molar-refractivity contribution < 1.29 is 28.5 Å². The molecule has 0 saturated heterocycles. The molecular formula is C33H32N2O6. The molecule has 0 aliphatic carbocycles. The Morgan fingerprint density at radius 2 is 1.39 bits per heavy atom. The highest BCUT2D eigenvalue weighted by Gasteiger charge is 2.30. The molecule has 3 aromatic carbocycles. The first-order chi connectivity index (χ1) is 20.0. The lowest BCUT2D eigenvalue weighted by molar-refractivity contribution is -0.117. The van der Waals surface area contributed by atoms with E-state index in [2.05, 4.69) is 5.32 Å². The summed E-state index contributed by atoms with van der Waals surface area (Å²) in [6.45, 7) is 2.34. The van der Waals surface area contributed by atoms with Crippen LogP contribution < -0.4 is 24.3 Å². The Morgan fingerprint density at radius 3 is 2.05 bits per heavy atom. The number of hydrogen-bond donors (Lipinski definition) is 1. The van der Waals surface area contributed by atoms with Crippen LogP contribution in [0.1, 0.15) is 23.8 Å². The monoisotopic (exact) mass is 552 g/mol. The number of rotatable bonds is 10. The summed E-state index contributed by atoms with van der Waals surface area (Å²) in [6.07, 6.45) is 2.53. The highest BCUT2D eigenvalue weighted by atomic mass is 16.5. The second-order valence-corrected chi connectivity index (χ2v) is 9.45. The summed E-state index contributed by atoms with van der Waals surface area (Å²) in [5.74, 6) is 0.960. The minimum atomic E-state index is -0.658. The SMILES string of the molecule is CCCNC(=O)C(=O)c1c(-c2ccccc2)c(-c2ccc(OC)c(OC)c2)c2c3cc(OC)c(OC)cc3ccn12. The molecule has 0 aliphatic heterocycles. The van der Waals surface area contributed by atoms with Crippen molar-refractivity contribution in [3.8, 4) is 45.3 Å². The number of nitrogens with zero attached hydrogens (tertiary/aromatic N) is 1. The van der Waals surface area contributed by atoms with E-state index in [0.29, 0.717) is 41.5 Å². The van der Waals surface area contributed by atoms with Crippen LogP contribution in [0.15, 0.2) is 72.9 Å². The van der Waals surface area contributed by atoms with E-state index in [1.165, 1.54) is 0 Å². The minimum absolute atomic E-state index is 0.265. The number of fused-ring (bicyclic) bond motifs is 3. The number of carbonyl (C=O) groups excluding carboxylic acids is 2. The van der Waals surface area contributed by atoms with Gasteiger partial charge in [0.1, 0.15) is 5.69 Å². The molecule has 0 saturated carbocycles. The van der Waals surface area contributed by atoms with E-state index in [9.17, 15) is 9.59 Å². The average Bonchev–Trinajstić information content (AvgIpc) is 3.38.